The molecule has 0 amide bonds. The minimum atomic E-state index is -0.667. The summed E-state index contributed by atoms with van der Waals surface area (Å²) in [5.41, 5.74) is 0.594. The quantitative estimate of drug-likeness (QED) is 0.630. The summed E-state index contributed by atoms with van der Waals surface area (Å²) in [6.07, 6.45) is 7.45. The van der Waals surface area contributed by atoms with E-state index in [2.05, 4.69) is 18.7 Å². The predicted octanol–water partition coefficient (Wildman–Crippen LogP) is 3.14. The van der Waals surface area contributed by atoms with E-state index in [0.717, 1.165) is 19.4 Å². The first-order valence-corrected chi connectivity index (χ1v) is 7.06. The summed E-state index contributed by atoms with van der Waals surface area (Å²) in [5.74, 6) is -0.667. The van der Waals surface area contributed by atoms with Crippen molar-refractivity contribution in [3.63, 3.8) is 0 Å². The van der Waals surface area contributed by atoms with E-state index in [0.29, 0.717) is 11.8 Å². The number of likely N-dealkylation sites (tertiary alicyclic amines) is 1. The third-order valence-electron chi connectivity index (χ3n) is 3.79. The second-order valence-electron chi connectivity index (χ2n) is 5.56. The lowest BCUT2D eigenvalue weighted by molar-refractivity contribution is -0.137. The van der Waals surface area contributed by atoms with Crippen molar-refractivity contribution in [3.05, 3.63) is 0 Å². The number of rotatable bonds is 9. The van der Waals surface area contributed by atoms with E-state index in [1.165, 1.54) is 38.8 Å². The number of carbonyl (C=O) groups is 1. The van der Waals surface area contributed by atoms with Crippen LogP contribution in [-0.4, -0.2) is 35.6 Å². The molecule has 0 radical (unpaired) electrons. The minimum Gasteiger partial charge on any atom is -0.481 e. The molecule has 100 valence electrons. The molecular formula is C14H27NO2. The Morgan fingerprint density at radius 2 is 1.76 bits per heavy atom. The van der Waals surface area contributed by atoms with Gasteiger partial charge in [0.25, 0.3) is 0 Å². The highest BCUT2D eigenvalue weighted by Crippen LogP contribution is 2.39. The van der Waals surface area contributed by atoms with Crippen LogP contribution in [0.4, 0.5) is 0 Å². The molecule has 1 aliphatic heterocycles. The lowest BCUT2D eigenvalue weighted by Crippen LogP contribution is -2.56. The van der Waals surface area contributed by atoms with Gasteiger partial charge in [-0.05, 0) is 37.6 Å². The van der Waals surface area contributed by atoms with Crippen molar-refractivity contribution in [2.45, 2.75) is 58.8 Å². The maximum absolute atomic E-state index is 10.4. The molecule has 0 aliphatic carbocycles. The largest absolute Gasteiger partial charge is 0.481 e. The molecule has 17 heavy (non-hydrogen) atoms. The molecule has 0 aromatic rings. The van der Waals surface area contributed by atoms with Gasteiger partial charge >= 0.3 is 5.97 Å². The fraction of sp³-hybridized carbons (Fsp3) is 0.929. The first-order chi connectivity index (χ1) is 8.12. The summed E-state index contributed by atoms with van der Waals surface area (Å²) in [7, 11) is 0. The fourth-order valence-electron chi connectivity index (χ4n) is 3.17. The molecule has 0 aromatic carbocycles. The van der Waals surface area contributed by atoms with Crippen LogP contribution in [0.2, 0.25) is 0 Å². The molecule has 1 aliphatic rings. The lowest BCUT2D eigenvalue weighted by Gasteiger charge is -2.51. The Morgan fingerprint density at radius 1 is 1.18 bits per heavy atom. The molecule has 1 N–H and O–H groups in total. The summed E-state index contributed by atoms with van der Waals surface area (Å²) in [4.78, 5) is 12.9. The van der Waals surface area contributed by atoms with E-state index in [4.69, 9.17) is 5.11 Å². The molecule has 0 bridgehead atoms. The molecule has 0 aromatic heterocycles. The first-order valence-electron chi connectivity index (χ1n) is 7.06. The molecule has 1 saturated heterocycles. The van der Waals surface area contributed by atoms with E-state index < -0.39 is 5.97 Å². The van der Waals surface area contributed by atoms with E-state index in [-0.39, 0.29) is 0 Å². The third-order valence-corrected chi connectivity index (χ3v) is 3.79. The summed E-state index contributed by atoms with van der Waals surface area (Å²) in [6, 6.07) is 0. The van der Waals surface area contributed by atoms with Gasteiger partial charge in [-0.25, -0.2) is 0 Å². The molecule has 1 heterocycles. The highest BCUT2D eigenvalue weighted by molar-refractivity contribution is 5.66. The zero-order chi connectivity index (χ0) is 12.7. The number of aliphatic carboxylic acids is 1. The number of unbranched alkanes of at least 4 members (excludes halogenated alkanes) is 1. The maximum atomic E-state index is 10.4. The summed E-state index contributed by atoms with van der Waals surface area (Å²) < 4.78 is 0. The van der Waals surface area contributed by atoms with E-state index in [1.807, 2.05) is 0 Å². The Hall–Kier alpha value is -0.570. The highest BCUT2D eigenvalue weighted by atomic mass is 16.4. The van der Waals surface area contributed by atoms with Gasteiger partial charge in [-0.1, -0.05) is 26.7 Å². The van der Waals surface area contributed by atoms with Crippen LogP contribution in [-0.2, 0) is 4.79 Å². The molecular weight excluding hydrogens is 214 g/mol. The van der Waals surface area contributed by atoms with Crippen molar-refractivity contribution in [1.82, 2.24) is 4.90 Å². The Bertz CT molecular complexity index is 226. The van der Waals surface area contributed by atoms with Crippen molar-refractivity contribution in [2.75, 3.05) is 19.6 Å². The molecule has 0 atom stereocenters. The number of carboxylic acid groups (broad SMARTS) is 1. The normalized spacial score (nSPS) is 18.9. The second kappa shape index (κ2) is 7.00. The van der Waals surface area contributed by atoms with Gasteiger partial charge in [-0.2, -0.15) is 0 Å². The molecule has 3 nitrogen and oxygen atoms in total. The van der Waals surface area contributed by atoms with Crippen LogP contribution in [0.15, 0.2) is 0 Å². The maximum Gasteiger partial charge on any atom is 0.303 e. The second-order valence-corrected chi connectivity index (χ2v) is 5.56. The van der Waals surface area contributed by atoms with Crippen LogP contribution in [0.1, 0.15) is 58.8 Å². The van der Waals surface area contributed by atoms with Crippen molar-refractivity contribution in [3.8, 4) is 0 Å². The summed E-state index contributed by atoms with van der Waals surface area (Å²) >= 11 is 0. The number of hydrogen-bond donors (Lipinski definition) is 1. The molecule has 1 rings (SSSR count). The topological polar surface area (TPSA) is 40.5 Å². The molecule has 1 fully saturated rings. The van der Waals surface area contributed by atoms with Gasteiger partial charge in [0, 0.05) is 19.5 Å². The van der Waals surface area contributed by atoms with Crippen molar-refractivity contribution in [2.24, 2.45) is 5.41 Å². The van der Waals surface area contributed by atoms with E-state index in [1.54, 1.807) is 0 Å². The van der Waals surface area contributed by atoms with Crippen LogP contribution in [0.5, 0.6) is 0 Å². The number of nitrogens with zero attached hydrogens (tertiary/aromatic N) is 1. The van der Waals surface area contributed by atoms with Gasteiger partial charge in [-0.3, -0.25) is 4.79 Å². The van der Waals surface area contributed by atoms with E-state index in [9.17, 15) is 4.79 Å². The van der Waals surface area contributed by atoms with Crippen LogP contribution in [0.3, 0.4) is 0 Å². The summed E-state index contributed by atoms with van der Waals surface area (Å²) in [5, 5.41) is 8.56. The average Bonchev–Trinajstić information content (AvgIpc) is 2.21. The van der Waals surface area contributed by atoms with Gasteiger partial charge in [-0.15, -0.1) is 0 Å². The third kappa shape index (κ3) is 4.66. The summed E-state index contributed by atoms with van der Waals surface area (Å²) in [6.45, 7) is 8.10. The molecule has 0 saturated carbocycles. The lowest BCUT2D eigenvalue weighted by atomic mass is 9.72. The molecule has 3 heteroatoms. The monoisotopic (exact) mass is 241 g/mol. The standard InChI is InChI=1S/C14H27NO2/c1-3-8-14(9-4-2)11-15(12-14)10-6-5-7-13(16)17/h3-12H2,1-2H3,(H,16,17). The van der Waals surface area contributed by atoms with E-state index >= 15 is 0 Å². The Morgan fingerprint density at radius 3 is 2.24 bits per heavy atom. The van der Waals surface area contributed by atoms with Crippen LogP contribution in [0, 0.1) is 5.41 Å². The zero-order valence-electron chi connectivity index (χ0n) is 11.4. The van der Waals surface area contributed by atoms with Crippen LogP contribution < -0.4 is 0 Å². The van der Waals surface area contributed by atoms with Crippen LogP contribution in [0.25, 0.3) is 0 Å². The number of carboxylic acids is 1. The van der Waals surface area contributed by atoms with Crippen molar-refractivity contribution in [1.29, 1.82) is 0 Å². The predicted molar refractivity (Wildman–Crippen MR) is 70.2 cm³/mol. The Kier molecular flexibility index (Phi) is 5.96. The van der Waals surface area contributed by atoms with Crippen LogP contribution >= 0.6 is 0 Å². The van der Waals surface area contributed by atoms with Gasteiger partial charge in [0.15, 0.2) is 0 Å². The van der Waals surface area contributed by atoms with Gasteiger partial charge in [0.1, 0.15) is 0 Å². The highest BCUT2D eigenvalue weighted by Gasteiger charge is 2.40. The smallest absolute Gasteiger partial charge is 0.303 e. The average molecular weight is 241 g/mol. The van der Waals surface area contributed by atoms with Gasteiger partial charge in [0.05, 0.1) is 0 Å². The van der Waals surface area contributed by atoms with Gasteiger partial charge in [0.2, 0.25) is 0 Å². The number of hydrogen-bond acceptors (Lipinski definition) is 2. The molecule has 0 spiro atoms. The minimum absolute atomic E-state index is 0.322. The van der Waals surface area contributed by atoms with Crippen molar-refractivity contribution >= 4 is 5.97 Å². The Labute approximate surface area is 105 Å². The fourth-order valence-corrected chi connectivity index (χ4v) is 3.17. The molecule has 0 unspecified atom stereocenters. The SMILES string of the molecule is CCCC1(CCC)CN(CCCCC(=O)O)C1. The zero-order valence-corrected chi connectivity index (χ0v) is 11.4. The Balaban J connectivity index is 2.13. The first kappa shape index (κ1) is 14.5. The van der Waals surface area contributed by atoms with Gasteiger partial charge < -0.3 is 10.0 Å². The van der Waals surface area contributed by atoms with Crippen molar-refractivity contribution < 1.29 is 9.90 Å².